The summed E-state index contributed by atoms with van der Waals surface area (Å²) in [6.07, 6.45) is 0. The lowest BCUT2D eigenvalue weighted by molar-refractivity contribution is 0.769. The van der Waals surface area contributed by atoms with Gasteiger partial charge in [-0.15, -0.1) is 0 Å². The third kappa shape index (κ3) is 8.88. The van der Waals surface area contributed by atoms with Crippen molar-refractivity contribution in [1.82, 2.24) is 0 Å². The van der Waals surface area contributed by atoms with Gasteiger partial charge in [0.15, 0.2) is 0 Å². The summed E-state index contributed by atoms with van der Waals surface area (Å²) in [6, 6.07) is 119. The molecule has 0 unspecified atom stereocenters. The molecule has 0 heterocycles. The van der Waals surface area contributed by atoms with E-state index in [4.69, 9.17) is 0 Å². The minimum Gasteiger partial charge on any atom is -0.0622 e. The molecule has 14 rings (SSSR count). The van der Waals surface area contributed by atoms with E-state index < -0.39 is 5.41 Å². The molecule has 13 aromatic carbocycles. The molecule has 0 aromatic heterocycles. The van der Waals surface area contributed by atoms with Gasteiger partial charge in [0.2, 0.25) is 0 Å². The molecule has 1 aliphatic carbocycles. The molecule has 0 bridgehead atoms. The van der Waals surface area contributed by atoms with E-state index in [9.17, 15) is 0 Å². The molecule has 0 saturated carbocycles. The number of hydrogen-bond donors (Lipinski definition) is 0. The van der Waals surface area contributed by atoms with Crippen LogP contribution in [0.25, 0.3) is 111 Å². The van der Waals surface area contributed by atoms with E-state index in [1.54, 1.807) is 0 Å². The molecule has 13 aromatic rings. The van der Waals surface area contributed by atoms with Gasteiger partial charge >= 0.3 is 0 Å². The van der Waals surface area contributed by atoms with E-state index in [0.717, 1.165) is 0 Å². The second-order valence-electron chi connectivity index (χ2n) is 21.3. The van der Waals surface area contributed by atoms with Crippen molar-refractivity contribution in [3.63, 3.8) is 0 Å². The maximum Gasteiger partial charge on any atom is 0.0714 e. The van der Waals surface area contributed by atoms with Crippen molar-refractivity contribution >= 4 is 0 Å². The molecule has 0 saturated heterocycles. The Balaban J connectivity index is 0.939. The van der Waals surface area contributed by atoms with Gasteiger partial charge in [-0.25, -0.2) is 0 Å². The smallest absolute Gasteiger partial charge is 0.0622 e. The van der Waals surface area contributed by atoms with Crippen LogP contribution >= 0.6 is 0 Å². The van der Waals surface area contributed by atoms with E-state index in [0.29, 0.717) is 0 Å². The van der Waals surface area contributed by atoms with Gasteiger partial charge in [0, 0.05) is 0 Å². The average Bonchev–Trinajstić information content (AvgIpc) is 4.03. The fraction of sp³-hybridized carbons (Fsp3) is 0.0250. The van der Waals surface area contributed by atoms with Crippen molar-refractivity contribution in [2.75, 3.05) is 0 Å². The first-order valence-corrected chi connectivity index (χ1v) is 27.8. The van der Waals surface area contributed by atoms with Crippen molar-refractivity contribution < 1.29 is 0 Å². The van der Waals surface area contributed by atoms with Crippen LogP contribution in [0, 0.1) is 6.92 Å². The summed E-state index contributed by atoms with van der Waals surface area (Å²) in [5, 5.41) is 0. The van der Waals surface area contributed by atoms with Crippen LogP contribution in [0.2, 0.25) is 0 Å². The van der Waals surface area contributed by atoms with Crippen LogP contribution in [-0.2, 0) is 5.41 Å². The number of aryl methyl sites for hydroxylation is 1. The highest BCUT2D eigenvalue weighted by Crippen LogP contribution is 2.59. The van der Waals surface area contributed by atoms with Crippen molar-refractivity contribution in [3.8, 4) is 111 Å². The quantitative estimate of drug-likeness (QED) is 0.121. The molecular formula is C80H56. The van der Waals surface area contributed by atoms with Gasteiger partial charge in [-0.2, -0.15) is 0 Å². The number of fused-ring (bicyclic) bond motifs is 3. The lowest BCUT2D eigenvalue weighted by Crippen LogP contribution is -2.28. The first-order chi connectivity index (χ1) is 39.5. The Kier molecular flexibility index (Phi) is 12.5. The zero-order valence-corrected chi connectivity index (χ0v) is 44.6. The molecule has 0 radical (unpaired) electrons. The monoisotopic (exact) mass is 1020 g/mol. The topological polar surface area (TPSA) is 0 Å². The highest BCUT2D eigenvalue weighted by atomic mass is 14.5. The first-order valence-electron chi connectivity index (χ1n) is 27.8. The average molecular weight is 1020 g/mol. The van der Waals surface area contributed by atoms with Crippen LogP contribution in [0.3, 0.4) is 0 Å². The third-order valence-corrected chi connectivity index (χ3v) is 16.3. The molecular weight excluding hydrogens is 961 g/mol. The van der Waals surface area contributed by atoms with Crippen LogP contribution < -0.4 is 0 Å². The molecule has 0 spiro atoms. The fourth-order valence-electron chi connectivity index (χ4n) is 12.5. The standard InChI is InChI=1S/C80H56/c1-55-42-43-77-76(44-55)79-75(60-30-15-6-16-31-60)40-21-41-78(79)80(77,73-38-19-36-65(53-73)61-32-17-34-63(45-61)71-49-67(56-22-7-2-8-23-56)47-68(50-71)57-24-9-3-10-25-57)74-39-20-37-66(54-74)62-33-18-35-64(46-62)72-51-69(58-26-11-4-12-27-58)48-70(52-72)59-28-13-5-14-29-59/h2-54H,1H3. The lowest BCUT2D eigenvalue weighted by atomic mass is 9.66. The maximum absolute atomic E-state index is 2.47. The molecule has 0 fully saturated rings. The molecule has 0 N–H and O–H groups in total. The summed E-state index contributed by atoms with van der Waals surface area (Å²) in [5.74, 6) is 0. The van der Waals surface area contributed by atoms with E-state index in [-0.39, 0.29) is 0 Å². The second kappa shape index (κ2) is 20.7. The highest BCUT2D eigenvalue weighted by molar-refractivity contribution is 5.96. The minimum atomic E-state index is -0.673. The molecule has 0 amide bonds. The normalized spacial score (nSPS) is 12.2. The van der Waals surface area contributed by atoms with Crippen molar-refractivity contribution in [1.29, 1.82) is 0 Å². The number of hydrogen-bond acceptors (Lipinski definition) is 0. The van der Waals surface area contributed by atoms with Crippen molar-refractivity contribution in [2.24, 2.45) is 0 Å². The summed E-state index contributed by atoms with van der Waals surface area (Å²) in [5.41, 5.74) is 29.6. The van der Waals surface area contributed by atoms with Crippen LogP contribution in [0.15, 0.2) is 322 Å². The van der Waals surface area contributed by atoms with Gasteiger partial charge in [0.25, 0.3) is 0 Å². The maximum atomic E-state index is 2.47. The molecule has 80 heavy (non-hydrogen) atoms. The largest absolute Gasteiger partial charge is 0.0714 e. The van der Waals surface area contributed by atoms with Crippen LogP contribution in [0.5, 0.6) is 0 Å². The molecule has 1 aliphatic rings. The Bertz CT molecular complexity index is 4050. The SMILES string of the molecule is Cc1ccc2c(c1)-c1c(-c3ccccc3)cccc1C2(c1cccc(-c2cccc(-c3cc(-c4ccccc4)cc(-c4ccccc4)c3)c2)c1)c1cccc(-c2cccc(-c3cc(-c4ccccc4)cc(-c4ccccc4)c3)c2)c1. The predicted octanol–water partition coefficient (Wildman–Crippen LogP) is 21.4. The van der Waals surface area contributed by atoms with Gasteiger partial charge in [0.1, 0.15) is 0 Å². The van der Waals surface area contributed by atoms with E-state index in [1.165, 1.54) is 139 Å². The Morgan fingerprint density at radius 1 is 0.188 bits per heavy atom. The van der Waals surface area contributed by atoms with E-state index in [2.05, 4.69) is 328 Å². The van der Waals surface area contributed by atoms with Crippen molar-refractivity contribution in [2.45, 2.75) is 12.3 Å². The first kappa shape index (κ1) is 48.2. The molecule has 0 heteroatoms. The second-order valence-corrected chi connectivity index (χ2v) is 21.3. The van der Waals surface area contributed by atoms with Crippen molar-refractivity contribution in [3.05, 3.63) is 349 Å². The van der Waals surface area contributed by atoms with Gasteiger partial charge < -0.3 is 0 Å². The molecule has 0 nitrogen and oxygen atoms in total. The van der Waals surface area contributed by atoms with Gasteiger partial charge in [0.05, 0.1) is 5.41 Å². The Hall–Kier alpha value is -10.1. The Labute approximate surface area is 470 Å². The minimum absolute atomic E-state index is 0.673. The van der Waals surface area contributed by atoms with Crippen LogP contribution in [-0.4, -0.2) is 0 Å². The number of rotatable bonds is 11. The molecule has 0 atom stereocenters. The summed E-state index contributed by atoms with van der Waals surface area (Å²) in [7, 11) is 0. The van der Waals surface area contributed by atoms with Crippen LogP contribution in [0.1, 0.15) is 27.8 Å². The van der Waals surface area contributed by atoms with Crippen LogP contribution in [0.4, 0.5) is 0 Å². The summed E-state index contributed by atoms with van der Waals surface area (Å²) in [6.45, 7) is 2.23. The summed E-state index contributed by atoms with van der Waals surface area (Å²) >= 11 is 0. The lowest BCUT2D eigenvalue weighted by Gasteiger charge is -2.35. The van der Waals surface area contributed by atoms with E-state index in [1.807, 2.05) is 0 Å². The zero-order chi connectivity index (χ0) is 53.4. The zero-order valence-electron chi connectivity index (χ0n) is 44.6. The number of benzene rings is 13. The van der Waals surface area contributed by atoms with E-state index >= 15 is 0 Å². The molecule has 0 aliphatic heterocycles. The summed E-state index contributed by atoms with van der Waals surface area (Å²) in [4.78, 5) is 0. The van der Waals surface area contributed by atoms with Gasteiger partial charge in [-0.1, -0.05) is 266 Å². The summed E-state index contributed by atoms with van der Waals surface area (Å²) < 4.78 is 0. The van der Waals surface area contributed by atoms with Gasteiger partial charge in [-0.3, -0.25) is 0 Å². The Morgan fingerprint density at radius 2 is 0.487 bits per heavy atom. The predicted molar refractivity (Wildman–Crippen MR) is 337 cm³/mol. The fourth-order valence-corrected chi connectivity index (χ4v) is 12.5. The third-order valence-electron chi connectivity index (χ3n) is 16.3. The molecule has 376 valence electrons. The highest BCUT2D eigenvalue weighted by Gasteiger charge is 2.47. The van der Waals surface area contributed by atoms with Gasteiger partial charge in [-0.05, 0) is 201 Å². The Morgan fingerprint density at radius 3 is 0.887 bits per heavy atom.